The zero-order valence-electron chi connectivity index (χ0n) is 13.4. The van der Waals surface area contributed by atoms with Gasteiger partial charge in [0.15, 0.2) is 0 Å². The van der Waals surface area contributed by atoms with Crippen LogP contribution in [0.3, 0.4) is 0 Å². The van der Waals surface area contributed by atoms with Gasteiger partial charge in [0, 0.05) is 17.5 Å². The number of para-hydroxylation sites is 1. The lowest BCUT2D eigenvalue weighted by molar-refractivity contribution is -0.118. The largest absolute Gasteiger partial charge is 0.355 e. The molecule has 2 rings (SSSR count). The maximum atomic E-state index is 11.8. The number of aromatic nitrogens is 2. The minimum absolute atomic E-state index is 0.0929. The molecule has 5 heteroatoms. The van der Waals surface area contributed by atoms with Crippen molar-refractivity contribution in [2.24, 2.45) is 0 Å². The van der Waals surface area contributed by atoms with Crippen LogP contribution in [0, 0.1) is 0 Å². The number of nitrogens with zero attached hydrogens (tertiary/aromatic N) is 2. The fraction of sp³-hybridized carbons (Fsp3) is 0.412. The second-order valence-electron chi connectivity index (χ2n) is 6.13. The van der Waals surface area contributed by atoms with Crippen LogP contribution in [0.5, 0.6) is 0 Å². The molecule has 22 heavy (non-hydrogen) atoms. The van der Waals surface area contributed by atoms with Crippen LogP contribution in [0.15, 0.2) is 42.7 Å². The fourth-order valence-electron chi connectivity index (χ4n) is 1.89. The Bertz CT molecular complexity index is 602. The van der Waals surface area contributed by atoms with Gasteiger partial charge in [0.2, 0.25) is 5.91 Å². The van der Waals surface area contributed by atoms with Gasteiger partial charge in [-0.15, -0.1) is 11.8 Å². The van der Waals surface area contributed by atoms with E-state index in [2.05, 4.69) is 31.2 Å². The molecule has 0 atom stereocenters. The molecule has 0 spiro atoms. The van der Waals surface area contributed by atoms with Crippen LogP contribution >= 0.6 is 11.8 Å². The highest BCUT2D eigenvalue weighted by molar-refractivity contribution is 8.01. The molecule has 0 aliphatic carbocycles. The van der Waals surface area contributed by atoms with Gasteiger partial charge in [0.25, 0.3) is 0 Å². The minimum Gasteiger partial charge on any atom is -0.355 e. The summed E-state index contributed by atoms with van der Waals surface area (Å²) in [5.74, 6) is 0.600. The number of carbonyl (C=O) groups excluding carboxylic acids is 1. The van der Waals surface area contributed by atoms with E-state index in [1.165, 1.54) is 0 Å². The lowest BCUT2D eigenvalue weighted by Gasteiger charge is -2.16. The number of hydrogen-bond donors (Lipinski definition) is 1. The summed E-state index contributed by atoms with van der Waals surface area (Å²) in [6.07, 6.45) is 4.65. The Kier molecular flexibility index (Phi) is 5.66. The van der Waals surface area contributed by atoms with E-state index in [0.29, 0.717) is 12.3 Å². The molecule has 0 aliphatic heterocycles. The van der Waals surface area contributed by atoms with Crippen molar-refractivity contribution < 1.29 is 4.79 Å². The predicted molar refractivity (Wildman–Crippen MR) is 92.5 cm³/mol. The summed E-state index contributed by atoms with van der Waals surface area (Å²) in [6.45, 7) is 6.98. The van der Waals surface area contributed by atoms with E-state index in [1.54, 1.807) is 11.8 Å². The van der Waals surface area contributed by atoms with Gasteiger partial charge in [-0.25, -0.2) is 4.68 Å². The smallest absolute Gasteiger partial charge is 0.230 e. The third-order valence-electron chi connectivity index (χ3n) is 3.03. The summed E-state index contributed by atoms with van der Waals surface area (Å²) in [7, 11) is 0. The number of rotatable bonds is 6. The summed E-state index contributed by atoms with van der Waals surface area (Å²) >= 11 is 1.66. The Morgan fingerprint density at radius 3 is 2.68 bits per heavy atom. The molecule has 0 saturated carbocycles. The molecule has 118 valence electrons. The molecule has 1 amide bonds. The first kappa shape index (κ1) is 16.6. The van der Waals surface area contributed by atoms with E-state index in [9.17, 15) is 4.79 Å². The van der Waals surface area contributed by atoms with E-state index >= 15 is 0 Å². The first-order chi connectivity index (χ1) is 10.4. The molecule has 4 nitrogen and oxygen atoms in total. The van der Waals surface area contributed by atoms with Gasteiger partial charge in [-0.1, -0.05) is 39.0 Å². The molecule has 1 N–H and O–H groups in total. The SMILES string of the molecule is CC(C)(C)SCC(=O)NCCc1cnn(-c2ccccc2)c1. The number of amides is 1. The quantitative estimate of drug-likeness (QED) is 0.891. The van der Waals surface area contributed by atoms with Crippen molar-refractivity contribution in [2.45, 2.75) is 31.9 Å². The molecule has 1 aromatic heterocycles. The van der Waals surface area contributed by atoms with Gasteiger partial charge in [-0.2, -0.15) is 5.10 Å². The average Bonchev–Trinajstić information content (AvgIpc) is 2.94. The maximum Gasteiger partial charge on any atom is 0.230 e. The molecule has 2 aromatic rings. The molecule has 0 fully saturated rings. The van der Waals surface area contributed by atoms with Gasteiger partial charge in [-0.3, -0.25) is 4.79 Å². The second kappa shape index (κ2) is 7.49. The molecule has 1 heterocycles. The third kappa shape index (κ3) is 5.56. The van der Waals surface area contributed by atoms with E-state index in [0.717, 1.165) is 17.7 Å². The summed E-state index contributed by atoms with van der Waals surface area (Å²) in [5, 5.41) is 7.31. The van der Waals surface area contributed by atoms with Crippen molar-refractivity contribution in [3.05, 3.63) is 48.3 Å². The normalized spacial score (nSPS) is 11.4. The molecule has 1 aromatic carbocycles. The van der Waals surface area contributed by atoms with Gasteiger partial charge in [0.1, 0.15) is 0 Å². The Morgan fingerprint density at radius 1 is 1.27 bits per heavy atom. The van der Waals surface area contributed by atoms with E-state index < -0.39 is 0 Å². The molecule has 0 aliphatic rings. The van der Waals surface area contributed by atoms with Crippen LogP contribution in [-0.2, 0) is 11.2 Å². The topological polar surface area (TPSA) is 46.9 Å². The van der Waals surface area contributed by atoms with Gasteiger partial charge < -0.3 is 5.32 Å². The summed E-state index contributed by atoms with van der Waals surface area (Å²) < 4.78 is 1.97. The van der Waals surface area contributed by atoms with Crippen LogP contribution in [0.2, 0.25) is 0 Å². The van der Waals surface area contributed by atoms with Crippen LogP contribution in [0.4, 0.5) is 0 Å². The molecule has 0 radical (unpaired) electrons. The Labute approximate surface area is 136 Å². The van der Waals surface area contributed by atoms with Crippen molar-refractivity contribution in [3.8, 4) is 5.69 Å². The number of hydrogen-bond acceptors (Lipinski definition) is 3. The maximum absolute atomic E-state index is 11.8. The van der Waals surface area contributed by atoms with E-state index in [4.69, 9.17) is 0 Å². The highest BCUT2D eigenvalue weighted by Gasteiger charge is 2.13. The number of benzene rings is 1. The summed E-state index contributed by atoms with van der Waals surface area (Å²) in [6, 6.07) is 10.00. The average molecular weight is 317 g/mol. The van der Waals surface area contributed by atoms with Crippen molar-refractivity contribution >= 4 is 17.7 Å². The Hall–Kier alpha value is -1.75. The Balaban J connectivity index is 1.76. The zero-order valence-corrected chi connectivity index (χ0v) is 14.2. The van der Waals surface area contributed by atoms with Crippen molar-refractivity contribution in [1.29, 1.82) is 0 Å². The van der Waals surface area contributed by atoms with E-state index in [1.807, 2.05) is 47.4 Å². The molecule has 0 bridgehead atoms. The van der Waals surface area contributed by atoms with Crippen LogP contribution in [0.1, 0.15) is 26.3 Å². The first-order valence-electron chi connectivity index (χ1n) is 7.44. The zero-order chi connectivity index (χ0) is 16.0. The monoisotopic (exact) mass is 317 g/mol. The van der Waals surface area contributed by atoms with Crippen LogP contribution < -0.4 is 5.32 Å². The molecule has 0 saturated heterocycles. The molecular weight excluding hydrogens is 294 g/mol. The minimum atomic E-state index is 0.0929. The molecule has 0 unspecified atom stereocenters. The highest BCUT2D eigenvalue weighted by atomic mass is 32.2. The van der Waals surface area contributed by atoms with E-state index in [-0.39, 0.29) is 10.7 Å². The lowest BCUT2D eigenvalue weighted by atomic mass is 10.2. The predicted octanol–water partition coefficient (Wildman–Crippen LogP) is 3.06. The third-order valence-corrected chi connectivity index (χ3v) is 4.30. The standard InChI is InChI=1S/C17H23N3OS/c1-17(2,3)22-13-16(21)18-10-9-14-11-19-20(12-14)15-7-5-4-6-8-15/h4-8,11-12H,9-10,13H2,1-3H3,(H,18,21). The lowest BCUT2D eigenvalue weighted by Crippen LogP contribution is -2.28. The van der Waals surface area contributed by atoms with Gasteiger partial charge >= 0.3 is 0 Å². The second-order valence-corrected chi connectivity index (χ2v) is 7.93. The van der Waals surface area contributed by atoms with Gasteiger partial charge in [0.05, 0.1) is 17.6 Å². The first-order valence-corrected chi connectivity index (χ1v) is 8.42. The van der Waals surface area contributed by atoms with Crippen molar-refractivity contribution in [2.75, 3.05) is 12.3 Å². The van der Waals surface area contributed by atoms with Crippen LogP contribution in [-0.4, -0.2) is 32.7 Å². The number of nitrogens with one attached hydrogen (secondary N) is 1. The summed E-state index contributed by atoms with van der Waals surface area (Å²) in [5.41, 5.74) is 2.16. The van der Waals surface area contributed by atoms with Crippen molar-refractivity contribution in [1.82, 2.24) is 15.1 Å². The number of thioether (sulfide) groups is 1. The van der Waals surface area contributed by atoms with Crippen molar-refractivity contribution in [3.63, 3.8) is 0 Å². The Morgan fingerprint density at radius 2 is 2.00 bits per heavy atom. The summed E-state index contributed by atoms with van der Waals surface area (Å²) in [4.78, 5) is 11.8. The molecular formula is C17H23N3OS. The fourth-order valence-corrected chi connectivity index (χ4v) is 2.56. The number of carbonyl (C=O) groups is 1. The van der Waals surface area contributed by atoms with Gasteiger partial charge in [-0.05, 0) is 24.1 Å². The highest BCUT2D eigenvalue weighted by Crippen LogP contribution is 2.22. The van der Waals surface area contributed by atoms with Crippen LogP contribution in [0.25, 0.3) is 5.69 Å².